The number of amides is 3. The zero-order valence-corrected chi connectivity index (χ0v) is 16.8. The van der Waals surface area contributed by atoms with Gasteiger partial charge in [-0.25, -0.2) is 4.79 Å². The van der Waals surface area contributed by atoms with E-state index in [1.165, 1.54) is 12.0 Å². The van der Waals surface area contributed by atoms with Crippen molar-refractivity contribution in [2.45, 2.75) is 40.0 Å². The number of piperazine rings is 1. The van der Waals surface area contributed by atoms with Crippen molar-refractivity contribution >= 4 is 11.9 Å². The number of aryl methyl sites for hydroxylation is 3. The molecule has 3 amide bonds. The van der Waals surface area contributed by atoms with Crippen molar-refractivity contribution < 1.29 is 14.3 Å². The Balaban J connectivity index is 1.48. The van der Waals surface area contributed by atoms with Gasteiger partial charge in [0.05, 0.1) is 0 Å². The Morgan fingerprint density at radius 3 is 1.93 bits per heavy atom. The summed E-state index contributed by atoms with van der Waals surface area (Å²) in [5.41, 5.74) is 3.30. The van der Waals surface area contributed by atoms with Gasteiger partial charge in [0.25, 0.3) is 5.91 Å². The second kappa shape index (κ2) is 8.63. The zero-order valence-electron chi connectivity index (χ0n) is 16.8. The van der Waals surface area contributed by atoms with E-state index in [1.807, 2.05) is 23.6 Å². The minimum absolute atomic E-state index is 0.0144. The highest BCUT2D eigenvalue weighted by Gasteiger charge is 2.28. The fraction of sp³-hybridized carbons (Fsp3) is 0.619. The fourth-order valence-corrected chi connectivity index (χ4v) is 4.05. The van der Waals surface area contributed by atoms with Crippen LogP contribution in [-0.4, -0.2) is 72.5 Å². The lowest BCUT2D eigenvalue weighted by molar-refractivity contribution is -0.134. The summed E-state index contributed by atoms with van der Waals surface area (Å²) in [6.07, 6.45) is 3.41. The molecular formula is C21H31N3O3. The molecule has 27 heavy (non-hydrogen) atoms. The number of urea groups is 1. The Hall–Kier alpha value is -2.24. The predicted molar refractivity (Wildman–Crippen MR) is 105 cm³/mol. The topological polar surface area (TPSA) is 53.1 Å². The lowest BCUT2D eigenvalue weighted by atomic mass is 10.1. The van der Waals surface area contributed by atoms with Crippen LogP contribution in [0.1, 0.15) is 36.0 Å². The molecule has 3 rings (SSSR count). The second-order valence-corrected chi connectivity index (χ2v) is 7.71. The van der Waals surface area contributed by atoms with Crippen LogP contribution in [-0.2, 0) is 4.79 Å². The highest BCUT2D eigenvalue weighted by molar-refractivity contribution is 5.79. The molecule has 2 saturated heterocycles. The van der Waals surface area contributed by atoms with Crippen molar-refractivity contribution in [3.63, 3.8) is 0 Å². The predicted octanol–water partition coefficient (Wildman–Crippen LogP) is 2.74. The molecule has 2 aliphatic heterocycles. The molecule has 0 unspecified atom stereocenters. The number of hydrogen-bond acceptors (Lipinski definition) is 3. The largest absolute Gasteiger partial charge is 0.483 e. The van der Waals surface area contributed by atoms with Crippen LogP contribution in [0, 0.1) is 20.8 Å². The number of likely N-dealkylation sites (tertiary alicyclic amines) is 1. The molecule has 2 fully saturated rings. The molecule has 0 spiro atoms. The van der Waals surface area contributed by atoms with Gasteiger partial charge in [-0.1, -0.05) is 17.7 Å². The second-order valence-electron chi connectivity index (χ2n) is 7.71. The standard InChI is InChI=1S/C21H31N3O3/c1-16-13-17(2)20(18(3)14-16)27-15-19(25)22-9-11-24(12-10-22)21(26)23-7-5-4-6-8-23/h13-14H,4-12,15H2,1-3H3. The Kier molecular flexibility index (Phi) is 6.24. The summed E-state index contributed by atoms with van der Waals surface area (Å²) in [6, 6.07) is 4.26. The zero-order chi connectivity index (χ0) is 19.4. The Morgan fingerprint density at radius 2 is 1.33 bits per heavy atom. The van der Waals surface area contributed by atoms with Gasteiger partial charge in [-0.05, 0) is 51.2 Å². The van der Waals surface area contributed by atoms with Gasteiger partial charge in [0.15, 0.2) is 6.61 Å². The van der Waals surface area contributed by atoms with Gasteiger partial charge in [-0.3, -0.25) is 4.79 Å². The molecule has 0 aliphatic carbocycles. The van der Waals surface area contributed by atoms with Gasteiger partial charge in [-0.15, -0.1) is 0 Å². The SMILES string of the molecule is Cc1cc(C)c(OCC(=O)N2CCN(C(=O)N3CCCCC3)CC2)c(C)c1. The summed E-state index contributed by atoms with van der Waals surface area (Å²) < 4.78 is 5.83. The van der Waals surface area contributed by atoms with E-state index in [0.29, 0.717) is 26.2 Å². The molecule has 0 atom stereocenters. The highest BCUT2D eigenvalue weighted by atomic mass is 16.5. The number of hydrogen-bond donors (Lipinski definition) is 0. The van der Waals surface area contributed by atoms with E-state index in [0.717, 1.165) is 42.8 Å². The van der Waals surface area contributed by atoms with Crippen LogP contribution in [0.25, 0.3) is 0 Å². The molecule has 0 N–H and O–H groups in total. The third kappa shape index (κ3) is 4.73. The molecule has 1 aromatic carbocycles. The van der Waals surface area contributed by atoms with E-state index in [-0.39, 0.29) is 18.5 Å². The fourth-order valence-electron chi connectivity index (χ4n) is 4.05. The van der Waals surface area contributed by atoms with E-state index in [9.17, 15) is 9.59 Å². The number of carbonyl (C=O) groups is 2. The van der Waals surface area contributed by atoms with Gasteiger partial charge < -0.3 is 19.4 Å². The first kappa shape index (κ1) is 19.5. The van der Waals surface area contributed by atoms with Crippen LogP contribution < -0.4 is 4.74 Å². The first-order valence-corrected chi connectivity index (χ1v) is 9.98. The summed E-state index contributed by atoms with van der Waals surface area (Å²) in [5.74, 6) is 0.785. The Morgan fingerprint density at radius 1 is 0.815 bits per heavy atom. The average Bonchev–Trinajstić information content (AvgIpc) is 2.67. The molecule has 6 heteroatoms. The molecule has 6 nitrogen and oxygen atoms in total. The van der Waals surface area contributed by atoms with Crippen LogP contribution >= 0.6 is 0 Å². The van der Waals surface area contributed by atoms with Crippen molar-refractivity contribution in [2.75, 3.05) is 45.9 Å². The molecule has 0 aromatic heterocycles. The van der Waals surface area contributed by atoms with Crippen LogP contribution in [0.5, 0.6) is 5.75 Å². The normalized spacial score (nSPS) is 17.8. The van der Waals surface area contributed by atoms with E-state index in [4.69, 9.17) is 4.74 Å². The summed E-state index contributed by atoms with van der Waals surface area (Å²) in [6.45, 7) is 10.2. The minimum atomic E-state index is -0.0144. The molecule has 2 aliphatic rings. The van der Waals surface area contributed by atoms with E-state index < -0.39 is 0 Å². The van der Waals surface area contributed by atoms with Crippen molar-refractivity contribution in [3.05, 3.63) is 28.8 Å². The summed E-state index contributed by atoms with van der Waals surface area (Å²) in [7, 11) is 0. The number of piperidine rings is 1. The molecule has 2 heterocycles. The molecule has 0 saturated carbocycles. The maximum absolute atomic E-state index is 12.6. The third-order valence-electron chi connectivity index (χ3n) is 5.47. The Labute approximate surface area is 162 Å². The minimum Gasteiger partial charge on any atom is -0.483 e. The van der Waals surface area contributed by atoms with Crippen molar-refractivity contribution in [1.82, 2.24) is 14.7 Å². The summed E-state index contributed by atoms with van der Waals surface area (Å²) >= 11 is 0. The number of benzene rings is 1. The van der Waals surface area contributed by atoms with Crippen molar-refractivity contribution in [1.29, 1.82) is 0 Å². The highest BCUT2D eigenvalue weighted by Crippen LogP contribution is 2.24. The molecule has 0 radical (unpaired) electrons. The smallest absolute Gasteiger partial charge is 0.320 e. The summed E-state index contributed by atoms with van der Waals surface area (Å²) in [4.78, 5) is 30.7. The molecule has 1 aromatic rings. The van der Waals surface area contributed by atoms with Gasteiger partial charge >= 0.3 is 6.03 Å². The first-order valence-electron chi connectivity index (χ1n) is 9.98. The maximum Gasteiger partial charge on any atom is 0.320 e. The van der Waals surface area contributed by atoms with Crippen molar-refractivity contribution in [2.24, 2.45) is 0 Å². The maximum atomic E-state index is 12.6. The molecule has 0 bridgehead atoms. The average molecular weight is 373 g/mol. The van der Waals surface area contributed by atoms with Gasteiger partial charge in [0, 0.05) is 39.3 Å². The number of carbonyl (C=O) groups excluding carboxylic acids is 2. The quantitative estimate of drug-likeness (QED) is 0.819. The van der Waals surface area contributed by atoms with Crippen LogP contribution in [0.3, 0.4) is 0 Å². The van der Waals surface area contributed by atoms with Gasteiger partial charge in [0.2, 0.25) is 0 Å². The summed E-state index contributed by atoms with van der Waals surface area (Å²) in [5, 5.41) is 0. The van der Waals surface area contributed by atoms with E-state index in [1.54, 1.807) is 4.90 Å². The lowest BCUT2D eigenvalue weighted by Gasteiger charge is -2.38. The molecule has 148 valence electrons. The van der Waals surface area contributed by atoms with Crippen LogP contribution in [0.4, 0.5) is 4.79 Å². The van der Waals surface area contributed by atoms with Gasteiger partial charge in [0.1, 0.15) is 5.75 Å². The third-order valence-corrected chi connectivity index (χ3v) is 5.47. The van der Waals surface area contributed by atoms with Crippen LogP contribution in [0.15, 0.2) is 12.1 Å². The van der Waals surface area contributed by atoms with Gasteiger partial charge in [-0.2, -0.15) is 0 Å². The van der Waals surface area contributed by atoms with Crippen LogP contribution in [0.2, 0.25) is 0 Å². The van der Waals surface area contributed by atoms with Crippen molar-refractivity contribution in [3.8, 4) is 5.75 Å². The van der Waals surface area contributed by atoms with E-state index in [2.05, 4.69) is 19.1 Å². The van der Waals surface area contributed by atoms with E-state index >= 15 is 0 Å². The number of ether oxygens (including phenoxy) is 1. The Bertz CT molecular complexity index is 667. The first-order chi connectivity index (χ1) is 13.0. The monoisotopic (exact) mass is 373 g/mol. The number of rotatable bonds is 3. The lowest BCUT2D eigenvalue weighted by Crippen LogP contribution is -2.55. The number of nitrogens with zero attached hydrogens (tertiary/aromatic N) is 3. The molecular weight excluding hydrogens is 342 g/mol.